The van der Waals surface area contributed by atoms with Crippen molar-refractivity contribution in [2.45, 2.75) is 13.8 Å². The summed E-state index contributed by atoms with van der Waals surface area (Å²) >= 11 is 0. The molecule has 0 unspecified atom stereocenters. The van der Waals surface area contributed by atoms with Gasteiger partial charge in [-0.3, -0.25) is 14.4 Å². The van der Waals surface area contributed by atoms with Gasteiger partial charge in [0.1, 0.15) is 5.75 Å². The van der Waals surface area contributed by atoms with Crippen molar-refractivity contribution in [3.63, 3.8) is 0 Å². The molecule has 0 radical (unpaired) electrons. The highest BCUT2D eigenvalue weighted by molar-refractivity contribution is 6.32. The van der Waals surface area contributed by atoms with Gasteiger partial charge in [-0.05, 0) is 48.9 Å². The third-order valence-electron chi connectivity index (χ3n) is 5.12. The van der Waals surface area contributed by atoms with E-state index in [4.69, 9.17) is 0 Å². The van der Waals surface area contributed by atoms with E-state index in [1.807, 2.05) is 0 Å². The third-order valence-corrected chi connectivity index (χ3v) is 5.12. The van der Waals surface area contributed by atoms with E-state index in [0.29, 0.717) is 39.3 Å². The summed E-state index contributed by atoms with van der Waals surface area (Å²) < 4.78 is 0. The number of amides is 2. The van der Waals surface area contributed by atoms with E-state index in [9.17, 15) is 19.5 Å². The lowest BCUT2D eigenvalue weighted by Gasteiger charge is -2.07. The van der Waals surface area contributed by atoms with Gasteiger partial charge in [-0.15, -0.1) is 0 Å². The lowest BCUT2D eigenvalue weighted by atomic mass is 9.99. The number of rotatable bonds is 5. The van der Waals surface area contributed by atoms with Crippen LogP contribution in [0.25, 0.3) is 5.57 Å². The molecule has 7 heteroatoms. The molecule has 1 heterocycles. The van der Waals surface area contributed by atoms with Gasteiger partial charge in [0.15, 0.2) is 5.78 Å². The van der Waals surface area contributed by atoms with Crippen LogP contribution in [0.4, 0.5) is 17.1 Å². The number of anilines is 3. The van der Waals surface area contributed by atoms with Crippen LogP contribution in [0.3, 0.4) is 0 Å². The van der Waals surface area contributed by atoms with Crippen molar-refractivity contribution in [2.75, 3.05) is 16.0 Å². The molecular formula is C25H21N3O4. The molecule has 0 spiro atoms. The van der Waals surface area contributed by atoms with Crippen LogP contribution in [0.5, 0.6) is 5.75 Å². The van der Waals surface area contributed by atoms with Crippen LogP contribution >= 0.6 is 0 Å². The Hall–Kier alpha value is -4.39. The Morgan fingerprint density at radius 3 is 2.31 bits per heavy atom. The molecule has 0 saturated carbocycles. The van der Waals surface area contributed by atoms with E-state index in [-0.39, 0.29) is 23.3 Å². The second-order valence-electron chi connectivity index (χ2n) is 7.51. The normalized spacial score (nSPS) is 13.4. The Labute approximate surface area is 184 Å². The first kappa shape index (κ1) is 20.9. The van der Waals surface area contributed by atoms with Gasteiger partial charge in [-0.1, -0.05) is 18.2 Å². The molecule has 0 aliphatic carbocycles. The zero-order valence-corrected chi connectivity index (χ0v) is 17.5. The van der Waals surface area contributed by atoms with Crippen molar-refractivity contribution in [1.29, 1.82) is 0 Å². The highest BCUT2D eigenvalue weighted by atomic mass is 16.3. The summed E-state index contributed by atoms with van der Waals surface area (Å²) in [5.74, 6) is -0.496. The summed E-state index contributed by atoms with van der Waals surface area (Å²) in [6.07, 6.45) is 1.58. The van der Waals surface area contributed by atoms with E-state index in [2.05, 4.69) is 16.0 Å². The molecule has 7 nitrogen and oxygen atoms in total. The van der Waals surface area contributed by atoms with Crippen LogP contribution in [-0.4, -0.2) is 22.7 Å². The lowest BCUT2D eigenvalue weighted by molar-refractivity contribution is -0.114. The Morgan fingerprint density at radius 2 is 1.62 bits per heavy atom. The maximum Gasteiger partial charge on any atom is 0.257 e. The molecular weight excluding hydrogens is 406 g/mol. The van der Waals surface area contributed by atoms with E-state index >= 15 is 0 Å². The molecule has 1 aliphatic rings. The van der Waals surface area contributed by atoms with Gasteiger partial charge >= 0.3 is 0 Å². The lowest BCUT2D eigenvalue weighted by Crippen LogP contribution is -2.07. The van der Waals surface area contributed by atoms with Crippen LogP contribution in [0.15, 0.2) is 66.9 Å². The second kappa shape index (κ2) is 8.39. The zero-order valence-electron chi connectivity index (χ0n) is 17.5. The number of hydrogen-bond acceptors (Lipinski definition) is 5. The minimum Gasteiger partial charge on any atom is -0.508 e. The van der Waals surface area contributed by atoms with Gasteiger partial charge < -0.3 is 21.1 Å². The maximum atomic E-state index is 12.9. The fourth-order valence-electron chi connectivity index (χ4n) is 3.41. The SMILES string of the molecule is CC(=O)Nc1ccc(C(=O)c2ccc3c(c2)NC(=O)C3=CNc2ccc(C)c(O)c2)cc1. The molecule has 0 aromatic heterocycles. The predicted octanol–water partition coefficient (Wildman–Crippen LogP) is 4.30. The molecule has 1 aliphatic heterocycles. The van der Waals surface area contributed by atoms with Gasteiger partial charge in [-0.2, -0.15) is 0 Å². The first-order chi connectivity index (χ1) is 15.3. The van der Waals surface area contributed by atoms with Crippen LogP contribution in [-0.2, 0) is 9.59 Å². The van der Waals surface area contributed by atoms with Crippen LogP contribution in [0.2, 0.25) is 0 Å². The van der Waals surface area contributed by atoms with Crippen molar-refractivity contribution in [3.8, 4) is 5.75 Å². The summed E-state index contributed by atoms with van der Waals surface area (Å²) in [5, 5.41) is 18.3. The molecule has 3 aromatic rings. The number of hydrogen-bond donors (Lipinski definition) is 4. The fraction of sp³-hybridized carbons (Fsp3) is 0.0800. The number of carbonyl (C=O) groups is 3. The number of aromatic hydroxyl groups is 1. The van der Waals surface area contributed by atoms with Crippen LogP contribution < -0.4 is 16.0 Å². The van der Waals surface area contributed by atoms with Gasteiger partial charge in [0.05, 0.1) is 5.57 Å². The smallest absolute Gasteiger partial charge is 0.257 e. The number of phenolic OH excluding ortho intramolecular Hbond substituents is 1. The summed E-state index contributed by atoms with van der Waals surface area (Å²) in [6.45, 7) is 3.22. The first-order valence-electron chi connectivity index (χ1n) is 9.96. The predicted molar refractivity (Wildman–Crippen MR) is 124 cm³/mol. The molecule has 160 valence electrons. The van der Waals surface area contributed by atoms with E-state index < -0.39 is 0 Å². The number of ketones is 1. The highest BCUT2D eigenvalue weighted by Gasteiger charge is 2.25. The number of carbonyl (C=O) groups excluding carboxylic acids is 3. The van der Waals surface area contributed by atoms with Crippen LogP contribution in [0.1, 0.15) is 34.0 Å². The van der Waals surface area contributed by atoms with Crippen molar-refractivity contribution < 1.29 is 19.5 Å². The Morgan fingerprint density at radius 1 is 0.938 bits per heavy atom. The Kier molecular flexibility index (Phi) is 5.47. The summed E-state index contributed by atoms with van der Waals surface area (Å²) in [5.41, 5.74) is 4.59. The van der Waals surface area contributed by atoms with Crippen molar-refractivity contribution >= 4 is 40.2 Å². The van der Waals surface area contributed by atoms with E-state index in [0.717, 1.165) is 5.56 Å². The molecule has 4 rings (SSSR count). The molecule has 3 aromatic carbocycles. The number of nitrogens with one attached hydrogen (secondary N) is 3. The number of phenols is 1. The molecule has 2 amide bonds. The zero-order chi connectivity index (χ0) is 22.8. The summed E-state index contributed by atoms with van der Waals surface area (Å²) in [6, 6.07) is 16.8. The third kappa shape index (κ3) is 4.22. The van der Waals surface area contributed by atoms with Gasteiger partial charge in [0, 0.05) is 52.9 Å². The van der Waals surface area contributed by atoms with E-state index in [1.165, 1.54) is 6.92 Å². The van der Waals surface area contributed by atoms with Crippen molar-refractivity contribution in [1.82, 2.24) is 0 Å². The fourth-order valence-corrected chi connectivity index (χ4v) is 3.41. The topological polar surface area (TPSA) is 108 Å². The Bertz CT molecular complexity index is 1280. The molecule has 0 bridgehead atoms. The van der Waals surface area contributed by atoms with E-state index in [1.54, 1.807) is 73.8 Å². The molecule has 0 fully saturated rings. The maximum absolute atomic E-state index is 12.9. The van der Waals surface area contributed by atoms with Crippen molar-refractivity contribution in [2.24, 2.45) is 0 Å². The Balaban J connectivity index is 1.55. The molecule has 4 N–H and O–H groups in total. The van der Waals surface area contributed by atoms with Gasteiger partial charge in [0.25, 0.3) is 5.91 Å². The van der Waals surface area contributed by atoms with Gasteiger partial charge in [0.2, 0.25) is 5.91 Å². The van der Waals surface area contributed by atoms with Crippen molar-refractivity contribution in [3.05, 3.63) is 89.1 Å². The largest absolute Gasteiger partial charge is 0.508 e. The summed E-state index contributed by atoms with van der Waals surface area (Å²) in [4.78, 5) is 36.5. The monoisotopic (exact) mass is 427 g/mol. The standard InChI is InChI=1S/C25H21N3O4/c1-14-3-7-19(12-23(14)30)26-13-21-20-10-6-17(11-22(20)28-25(21)32)24(31)16-4-8-18(9-5-16)27-15(2)29/h3-13,26,30H,1-2H3,(H,27,29)(H,28,32). The minimum absolute atomic E-state index is 0.165. The summed E-state index contributed by atoms with van der Waals surface area (Å²) in [7, 11) is 0. The quantitative estimate of drug-likeness (QED) is 0.359. The second-order valence-corrected chi connectivity index (χ2v) is 7.51. The number of fused-ring (bicyclic) bond motifs is 1. The highest BCUT2D eigenvalue weighted by Crippen LogP contribution is 2.33. The van der Waals surface area contributed by atoms with Gasteiger partial charge in [-0.25, -0.2) is 0 Å². The molecule has 32 heavy (non-hydrogen) atoms. The number of benzene rings is 3. The average Bonchev–Trinajstić information content (AvgIpc) is 3.08. The minimum atomic E-state index is -0.284. The first-order valence-corrected chi connectivity index (χ1v) is 9.96. The molecule has 0 atom stereocenters. The molecule has 0 saturated heterocycles. The van der Waals surface area contributed by atoms with Crippen LogP contribution in [0, 0.1) is 6.92 Å². The average molecular weight is 427 g/mol. The number of aryl methyl sites for hydroxylation is 1.